The molecule has 0 heterocycles. The van der Waals surface area contributed by atoms with Crippen molar-refractivity contribution >= 4 is 7.28 Å². The molecule has 0 saturated heterocycles. The molecule has 0 aromatic carbocycles. The summed E-state index contributed by atoms with van der Waals surface area (Å²) in [4.78, 5) is 0. The number of allylic oxidation sites excluding steroid dienone is 1. The van der Waals surface area contributed by atoms with Crippen molar-refractivity contribution in [2.75, 3.05) is 0 Å². The Morgan fingerprint density at radius 3 is 2.88 bits per heavy atom. The molecule has 1 atom stereocenters. The van der Waals surface area contributed by atoms with Gasteiger partial charge < -0.3 is 0 Å². The van der Waals surface area contributed by atoms with E-state index < -0.39 is 0 Å². The Kier molecular flexibility index (Phi) is 1.77. The maximum atomic E-state index is 3.89. The summed E-state index contributed by atoms with van der Waals surface area (Å²) in [7, 11) is 2.23. The average molecular weight is 107 g/mol. The van der Waals surface area contributed by atoms with Gasteiger partial charge in [0.2, 0.25) is 0 Å². The number of hydrogen-bond donors (Lipinski definition) is 0. The molecule has 0 spiro atoms. The third-order valence-corrected chi connectivity index (χ3v) is 1.73. The molecule has 1 rings (SSSR count). The molecule has 0 aromatic heterocycles. The Morgan fingerprint density at radius 1 is 1.88 bits per heavy atom. The van der Waals surface area contributed by atoms with Crippen molar-refractivity contribution in [2.45, 2.75) is 26.0 Å². The first-order valence-electron chi connectivity index (χ1n) is 3.30. The Morgan fingerprint density at radius 2 is 2.50 bits per heavy atom. The van der Waals surface area contributed by atoms with Crippen LogP contribution in [0.5, 0.6) is 0 Å². The summed E-state index contributed by atoms with van der Waals surface area (Å²) in [6.07, 6.45) is 3.91. The predicted molar refractivity (Wildman–Crippen MR) is 38.3 cm³/mol. The van der Waals surface area contributed by atoms with Gasteiger partial charge in [-0.25, -0.2) is 0 Å². The molecule has 1 aliphatic rings. The largest absolute Gasteiger partial charge is 0.105 e. The van der Waals surface area contributed by atoms with Gasteiger partial charge in [-0.05, 0) is 12.3 Å². The molecule has 1 fully saturated rings. The lowest BCUT2D eigenvalue weighted by molar-refractivity contribution is 0.822. The molecule has 0 aromatic rings. The van der Waals surface area contributed by atoms with Crippen LogP contribution in [0, 0.1) is 5.92 Å². The zero-order valence-corrected chi connectivity index (χ0v) is 5.48. The standard InChI is InChI=1S/C7H12B/c1-6-5-7(6)3-4-8-2/h7H,1,3-5H2,2H3. The van der Waals surface area contributed by atoms with Crippen molar-refractivity contribution in [1.82, 2.24) is 0 Å². The SMILES string of the molecule is C=C1CC1CC[B]C. The molecule has 8 heavy (non-hydrogen) atoms. The van der Waals surface area contributed by atoms with Crippen molar-refractivity contribution in [3.63, 3.8) is 0 Å². The van der Waals surface area contributed by atoms with Crippen LogP contribution >= 0.6 is 0 Å². The summed E-state index contributed by atoms with van der Waals surface area (Å²) < 4.78 is 0. The molecule has 1 aliphatic carbocycles. The average Bonchev–Trinajstić information content (AvgIpc) is 2.42. The lowest BCUT2D eigenvalue weighted by Crippen LogP contribution is -1.81. The highest BCUT2D eigenvalue weighted by Gasteiger charge is 2.25. The predicted octanol–water partition coefficient (Wildman–Crippen LogP) is 2.12. The fourth-order valence-electron chi connectivity index (χ4n) is 0.932. The van der Waals surface area contributed by atoms with E-state index in [2.05, 4.69) is 20.7 Å². The van der Waals surface area contributed by atoms with Crippen LogP contribution in [-0.4, -0.2) is 7.28 Å². The van der Waals surface area contributed by atoms with Crippen LogP contribution in [-0.2, 0) is 0 Å². The van der Waals surface area contributed by atoms with E-state index in [1.54, 1.807) is 0 Å². The molecule has 43 valence electrons. The van der Waals surface area contributed by atoms with E-state index in [1.165, 1.54) is 24.7 Å². The molecule has 1 radical (unpaired) electrons. The van der Waals surface area contributed by atoms with E-state index in [4.69, 9.17) is 0 Å². The third kappa shape index (κ3) is 1.39. The van der Waals surface area contributed by atoms with Crippen molar-refractivity contribution < 1.29 is 0 Å². The van der Waals surface area contributed by atoms with Gasteiger partial charge in [0, 0.05) is 0 Å². The van der Waals surface area contributed by atoms with Crippen molar-refractivity contribution in [3.8, 4) is 0 Å². The van der Waals surface area contributed by atoms with Crippen molar-refractivity contribution in [1.29, 1.82) is 0 Å². The van der Waals surface area contributed by atoms with Crippen LogP contribution in [0.25, 0.3) is 0 Å². The normalized spacial score (nSPS) is 25.6. The van der Waals surface area contributed by atoms with Gasteiger partial charge in [0.05, 0.1) is 0 Å². The van der Waals surface area contributed by atoms with Gasteiger partial charge in [0.25, 0.3) is 0 Å². The van der Waals surface area contributed by atoms with Crippen LogP contribution in [0.2, 0.25) is 13.1 Å². The van der Waals surface area contributed by atoms with E-state index in [0.29, 0.717) is 0 Å². The van der Waals surface area contributed by atoms with Crippen molar-refractivity contribution in [2.24, 2.45) is 5.92 Å². The Labute approximate surface area is 52.2 Å². The van der Waals surface area contributed by atoms with E-state index in [9.17, 15) is 0 Å². The second kappa shape index (κ2) is 2.39. The van der Waals surface area contributed by atoms with Gasteiger partial charge in [0.15, 0.2) is 0 Å². The molecule has 1 saturated carbocycles. The minimum Gasteiger partial charge on any atom is -0.0995 e. The summed E-state index contributed by atoms with van der Waals surface area (Å²) in [5.74, 6) is 0.895. The summed E-state index contributed by atoms with van der Waals surface area (Å²) in [6, 6.07) is 0. The van der Waals surface area contributed by atoms with Gasteiger partial charge in [0.1, 0.15) is 7.28 Å². The van der Waals surface area contributed by atoms with Crippen LogP contribution in [0.1, 0.15) is 12.8 Å². The zero-order valence-electron chi connectivity index (χ0n) is 5.48. The maximum Gasteiger partial charge on any atom is 0.105 e. The minimum absolute atomic E-state index is 0.895. The Hall–Kier alpha value is -0.195. The monoisotopic (exact) mass is 107 g/mol. The lowest BCUT2D eigenvalue weighted by Gasteiger charge is -1.88. The van der Waals surface area contributed by atoms with Crippen LogP contribution in [0.15, 0.2) is 12.2 Å². The Balaban J connectivity index is 1.97. The van der Waals surface area contributed by atoms with Crippen molar-refractivity contribution in [3.05, 3.63) is 12.2 Å². The minimum atomic E-state index is 0.895. The maximum absolute atomic E-state index is 3.89. The first kappa shape index (κ1) is 5.93. The van der Waals surface area contributed by atoms with Crippen LogP contribution in [0.4, 0.5) is 0 Å². The summed E-state index contributed by atoms with van der Waals surface area (Å²) in [6.45, 7) is 6.00. The van der Waals surface area contributed by atoms with Crippen LogP contribution < -0.4 is 0 Å². The third-order valence-electron chi connectivity index (χ3n) is 1.73. The van der Waals surface area contributed by atoms with E-state index in [-0.39, 0.29) is 0 Å². The first-order valence-corrected chi connectivity index (χ1v) is 3.30. The molecule has 0 N–H and O–H groups in total. The lowest BCUT2D eigenvalue weighted by atomic mass is 9.76. The second-order valence-electron chi connectivity index (χ2n) is 2.54. The molecule has 0 aliphatic heterocycles. The van der Waals surface area contributed by atoms with E-state index in [1.807, 2.05) is 0 Å². The van der Waals surface area contributed by atoms with Crippen LogP contribution in [0.3, 0.4) is 0 Å². The zero-order chi connectivity index (χ0) is 5.98. The number of rotatable bonds is 3. The molecule has 1 heteroatoms. The summed E-state index contributed by atoms with van der Waals surface area (Å²) >= 11 is 0. The summed E-state index contributed by atoms with van der Waals surface area (Å²) in [5, 5.41) is 0. The van der Waals surface area contributed by atoms with Gasteiger partial charge in [-0.1, -0.05) is 31.7 Å². The van der Waals surface area contributed by atoms with Gasteiger partial charge in [-0.15, -0.1) is 0 Å². The van der Waals surface area contributed by atoms with Gasteiger partial charge in [-0.3, -0.25) is 0 Å². The summed E-state index contributed by atoms with van der Waals surface area (Å²) in [5.41, 5.74) is 1.46. The molecule has 1 unspecified atom stereocenters. The molecular weight excluding hydrogens is 94.9 g/mol. The molecular formula is C7H12B. The van der Waals surface area contributed by atoms with Gasteiger partial charge in [-0.2, -0.15) is 0 Å². The topological polar surface area (TPSA) is 0 Å². The fourth-order valence-corrected chi connectivity index (χ4v) is 0.932. The Bertz CT molecular complexity index is 96.6. The number of hydrogen-bond acceptors (Lipinski definition) is 0. The smallest absolute Gasteiger partial charge is 0.0995 e. The second-order valence-corrected chi connectivity index (χ2v) is 2.54. The highest BCUT2D eigenvalue weighted by atomic mass is 14.3. The quantitative estimate of drug-likeness (QED) is 0.382. The van der Waals surface area contributed by atoms with E-state index >= 15 is 0 Å². The molecule has 0 bridgehead atoms. The van der Waals surface area contributed by atoms with E-state index in [0.717, 1.165) is 5.92 Å². The van der Waals surface area contributed by atoms with Gasteiger partial charge >= 0.3 is 0 Å². The molecule has 0 nitrogen and oxygen atoms in total. The highest BCUT2D eigenvalue weighted by molar-refractivity contribution is 6.33. The fraction of sp³-hybridized carbons (Fsp3) is 0.714. The first-order chi connectivity index (χ1) is 3.84. The molecule has 0 amide bonds. The highest BCUT2D eigenvalue weighted by Crippen LogP contribution is 2.39.